The summed E-state index contributed by atoms with van der Waals surface area (Å²) < 4.78 is 5.79. The van der Waals surface area contributed by atoms with E-state index in [1.165, 1.54) is 6.42 Å². The molecular weight excluding hydrogens is 214 g/mol. The van der Waals surface area contributed by atoms with Crippen LogP contribution < -0.4 is 10.6 Å². The van der Waals surface area contributed by atoms with Gasteiger partial charge in [-0.15, -0.1) is 0 Å². The molecule has 0 radical (unpaired) electrons. The van der Waals surface area contributed by atoms with Crippen molar-refractivity contribution >= 4 is 5.96 Å². The Bertz CT molecular complexity index is 301. The zero-order chi connectivity index (χ0) is 12.5. The van der Waals surface area contributed by atoms with Gasteiger partial charge < -0.3 is 15.4 Å². The van der Waals surface area contributed by atoms with E-state index in [1.807, 2.05) is 7.05 Å². The summed E-state index contributed by atoms with van der Waals surface area (Å²) in [5, 5.41) is 6.89. The summed E-state index contributed by atoms with van der Waals surface area (Å²) in [6, 6.07) is 0.484. The maximum Gasteiger partial charge on any atom is 0.191 e. The van der Waals surface area contributed by atoms with Crippen molar-refractivity contribution in [3.8, 4) is 0 Å². The fraction of sp³-hybridized carbons (Fsp3) is 0.923. The fourth-order valence-corrected chi connectivity index (χ4v) is 3.20. The van der Waals surface area contributed by atoms with Gasteiger partial charge in [0, 0.05) is 37.6 Å². The average molecular weight is 239 g/mol. The Balaban J connectivity index is 1.94. The lowest BCUT2D eigenvalue weighted by Gasteiger charge is -2.54. The highest BCUT2D eigenvalue weighted by molar-refractivity contribution is 5.80. The van der Waals surface area contributed by atoms with Crippen molar-refractivity contribution in [3.05, 3.63) is 0 Å². The number of nitrogens with one attached hydrogen (secondary N) is 2. The molecule has 0 aromatic carbocycles. The molecule has 2 rings (SSSR count). The first-order valence-corrected chi connectivity index (χ1v) is 6.70. The average Bonchev–Trinajstić information content (AvgIpc) is 2.76. The minimum absolute atomic E-state index is 0.213. The molecule has 3 atom stereocenters. The highest BCUT2D eigenvalue weighted by atomic mass is 16.5. The molecular formula is C13H25N3O. The van der Waals surface area contributed by atoms with Crippen LogP contribution in [0.5, 0.6) is 0 Å². The van der Waals surface area contributed by atoms with E-state index in [1.54, 1.807) is 0 Å². The van der Waals surface area contributed by atoms with Crippen molar-refractivity contribution in [2.45, 2.75) is 45.8 Å². The number of hydrogen-bond acceptors (Lipinski definition) is 2. The van der Waals surface area contributed by atoms with Crippen LogP contribution in [0.2, 0.25) is 0 Å². The molecule has 2 N–H and O–H groups in total. The van der Waals surface area contributed by atoms with Gasteiger partial charge in [0.2, 0.25) is 0 Å². The van der Waals surface area contributed by atoms with E-state index in [4.69, 9.17) is 4.74 Å². The van der Waals surface area contributed by atoms with Crippen molar-refractivity contribution in [2.75, 3.05) is 20.2 Å². The van der Waals surface area contributed by atoms with Gasteiger partial charge in [-0.25, -0.2) is 0 Å². The third-order valence-electron chi connectivity index (χ3n) is 4.16. The first kappa shape index (κ1) is 12.7. The molecule has 1 saturated carbocycles. The molecule has 0 spiro atoms. The molecule has 1 aliphatic carbocycles. The summed E-state index contributed by atoms with van der Waals surface area (Å²) in [4.78, 5) is 4.28. The highest BCUT2D eigenvalue weighted by Crippen LogP contribution is 2.51. The maximum atomic E-state index is 5.79. The second kappa shape index (κ2) is 4.84. The Morgan fingerprint density at radius 2 is 2.24 bits per heavy atom. The molecule has 4 heteroatoms. The molecule has 98 valence electrons. The highest BCUT2D eigenvalue weighted by Gasteiger charge is 2.59. The van der Waals surface area contributed by atoms with Crippen LogP contribution in [-0.2, 0) is 4.74 Å². The van der Waals surface area contributed by atoms with Crippen LogP contribution in [0.25, 0.3) is 0 Å². The lowest BCUT2D eigenvalue weighted by Crippen LogP contribution is -2.67. The quantitative estimate of drug-likeness (QED) is 0.577. The molecule has 2 aliphatic rings. The summed E-state index contributed by atoms with van der Waals surface area (Å²) in [6.07, 6.45) is 2.73. The van der Waals surface area contributed by atoms with Crippen molar-refractivity contribution in [3.63, 3.8) is 0 Å². The monoisotopic (exact) mass is 239 g/mol. The Labute approximate surface area is 104 Å². The largest absolute Gasteiger partial charge is 0.377 e. The molecule has 1 heterocycles. The van der Waals surface area contributed by atoms with E-state index in [2.05, 4.69) is 36.4 Å². The van der Waals surface area contributed by atoms with E-state index in [0.717, 1.165) is 25.5 Å². The van der Waals surface area contributed by atoms with Gasteiger partial charge in [-0.2, -0.15) is 0 Å². The number of aliphatic imine (C=N–C) groups is 1. The van der Waals surface area contributed by atoms with Gasteiger partial charge in [-0.3, -0.25) is 4.99 Å². The normalized spacial score (nSPS) is 35.1. The van der Waals surface area contributed by atoms with Crippen molar-refractivity contribution in [1.82, 2.24) is 10.6 Å². The molecule has 0 amide bonds. The Hall–Kier alpha value is -0.770. The first-order chi connectivity index (χ1) is 8.11. The summed E-state index contributed by atoms with van der Waals surface area (Å²) >= 11 is 0. The SMILES string of the molecule is CCCNC(=NC)NC1C2CCOC2C1(C)C. The van der Waals surface area contributed by atoms with Gasteiger partial charge in [0.1, 0.15) is 0 Å². The van der Waals surface area contributed by atoms with E-state index >= 15 is 0 Å². The molecule has 1 aliphatic heterocycles. The van der Waals surface area contributed by atoms with Gasteiger partial charge in [0.15, 0.2) is 5.96 Å². The van der Waals surface area contributed by atoms with E-state index in [-0.39, 0.29) is 5.41 Å². The maximum absolute atomic E-state index is 5.79. The van der Waals surface area contributed by atoms with Crippen LogP contribution in [0.3, 0.4) is 0 Å². The lowest BCUT2D eigenvalue weighted by atomic mass is 9.57. The van der Waals surface area contributed by atoms with Gasteiger partial charge in [-0.05, 0) is 12.8 Å². The molecule has 0 aromatic heterocycles. The predicted octanol–water partition coefficient (Wildman–Crippen LogP) is 1.37. The van der Waals surface area contributed by atoms with Crippen LogP contribution in [0, 0.1) is 11.3 Å². The minimum Gasteiger partial charge on any atom is -0.377 e. The minimum atomic E-state index is 0.213. The first-order valence-electron chi connectivity index (χ1n) is 6.70. The van der Waals surface area contributed by atoms with E-state index in [0.29, 0.717) is 18.1 Å². The van der Waals surface area contributed by atoms with Crippen molar-refractivity contribution in [1.29, 1.82) is 0 Å². The van der Waals surface area contributed by atoms with Gasteiger partial charge in [0.05, 0.1) is 6.10 Å². The third kappa shape index (κ3) is 2.15. The van der Waals surface area contributed by atoms with Crippen LogP contribution in [0.1, 0.15) is 33.6 Å². The molecule has 3 unspecified atom stereocenters. The predicted molar refractivity (Wildman–Crippen MR) is 70.2 cm³/mol. The molecule has 17 heavy (non-hydrogen) atoms. The lowest BCUT2D eigenvalue weighted by molar-refractivity contribution is -0.106. The summed E-state index contributed by atoms with van der Waals surface area (Å²) in [5.74, 6) is 1.58. The van der Waals surface area contributed by atoms with Crippen molar-refractivity contribution in [2.24, 2.45) is 16.3 Å². The van der Waals surface area contributed by atoms with Crippen LogP contribution >= 0.6 is 0 Å². The number of ether oxygens (including phenoxy) is 1. The smallest absolute Gasteiger partial charge is 0.191 e. The van der Waals surface area contributed by atoms with E-state index in [9.17, 15) is 0 Å². The van der Waals surface area contributed by atoms with Gasteiger partial charge in [0.25, 0.3) is 0 Å². The number of fused-ring (bicyclic) bond motifs is 1. The zero-order valence-corrected chi connectivity index (χ0v) is 11.4. The second-order valence-electron chi connectivity index (χ2n) is 5.69. The number of nitrogens with zero attached hydrogens (tertiary/aromatic N) is 1. The van der Waals surface area contributed by atoms with Crippen LogP contribution in [0.4, 0.5) is 0 Å². The summed E-state index contributed by atoms with van der Waals surface area (Å²) in [6.45, 7) is 8.61. The zero-order valence-electron chi connectivity index (χ0n) is 11.4. The van der Waals surface area contributed by atoms with Crippen LogP contribution in [-0.4, -0.2) is 38.3 Å². The number of rotatable bonds is 3. The number of hydrogen-bond donors (Lipinski definition) is 2. The summed E-state index contributed by atoms with van der Waals surface area (Å²) in [7, 11) is 1.83. The third-order valence-corrected chi connectivity index (χ3v) is 4.16. The fourth-order valence-electron chi connectivity index (χ4n) is 3.20. The second-order valence-corrected chi connectivity index (χ2v) is 5.69. The van der Waals surface area contributed by atoms with Crippen molar-refractivity contribution < 1.29 is 4.74 Å². The van der Waals surface area contributed by atoms with E-state index < -0.39 is 0 Å². The Morgan fingerprint density at radius 3 is 2.88 bits per heavy atom. The standard InChI is InChI=1S/C13H25N3O/c1-5-7-15-12(14-4)16-10-9-6-8-17-11(9)13(10,2)3/h9-11H,5-8H2,1-4H3,(H2,14,15,16). The Morgan fingerprint density at radius 1 is 1.47 bits per heavy atom. The Kier molecular flexibility index (Phi) is 3.61. The molecule has 1 saturated heterocycles. The molecule has 4 nitrogen and oxygen atoms in total. The molecule has 0 aromatic rings. The van der Waals surface area contributed by atoms with Crippen LogP contribution in [0.15, 0.2) is 4.99 Å². The van der Waals surface area contributed by atoms with Gasteiger partial charge in [-0.1, -0.05) is 20.8 Å². The molecule has 2 fully saturated rings. The number of guanidine groups is 1. The summed E-state index contributed by atoms with van der Waals surface area (Å²) in [5.41, 5.74) is 0.213. The molecule has 0 bridgehead atoms. The van der Waals surface area contributed by atoms with Gasteiger partial charge >= 0.3 is 0 Å². The topological polar surface area (TPSA) is 45.7 Å².